The van der Waals surface area contributed by atoms with Crippen molar-refractivity contribution in [1.29, 1.82) is 0 Å². The fraction of sp³-hybridized carbons (Fsp3) is 0.462. The molecule has 1 rings (SSSR count). The van der Waals surface area contributed by atoms with Crippen LogP contribution in [0.5, 0.6) is 0 Å². The Morgan fingerprint density at radius 2 is 2.18 bits per heavy atom. The van der Waals surface area contributed by atoms with Gasteiger partial charge in [0.2, 0.25) is 0 Å². The van der Waals surface area contributed by atoms with Crippen LogP contribution in [0.15, 0.2) is 18.2 Å². The van der Waals surface area contributed by atoms with Gasteiger partial charge in [0, 0.05) is 17.9 Å². The smallest absolute Gasteiger partial charge is 0.340 e. The Balaban J connectivity index is 2.78. The molecule has 0 radical (unpaired) electrons. The van der Waals surface area contributed by atoms with Gasteiger partial charge in [0.25, 0.3) is 0 Å². The van der Waals surface area contributed by atoms with E-state index in [1.54, 1.807) is 18.2 Å². The van der Waals surface area contributed by atoms with E-state index in [2.05, 4.69) is 12.2 Å². The van der Waals surface area contributed by atoms with Crippen LogP contribution >= 0.6 is 0 Å². The molecule has 17 heavy (non-hydrogen) atoms. The molecule has 0 aromatic heterocycles. The molecule has 0 spiro atoms. The Bertz CT molecular complexity index is 378. The van der Waals surface area contributed by atoms with Crippen molar-refractivity contribution in [1.82, 2.24) is 0 Å². The first-order valence-electron chi connectivity index (χ1n) is 5.99. The molecule has 0 saturated heterocycles. The van der Waals surface area contributed by atoms with Gasteiger partial charge in [-0.3, -0.25) is 0 Å². The molecular formula is C13H20N2O2. The van der Waals surface area contributed by atoms with Crippen molar-refractivity contribution in [3.8, 4) is 0 Å². The first-order valence-corrected chi connectivity index (χ1v) is 5.99. The number of hydrogen-bond acceptors (Lipinski definition) is 4. The maximum absolute atomic E-state index is 11.8. The van der Waals surface area contributed by atoms with Gasteiger partial charge in [-0.2, -0.15) is 0 Å². The summed E-state index contributed by atoms with van der Waals surface area (Å²) >= 11 is 0. The van der Waals surface area contributed by atoms with E-state index in [0.29, 0.717) is 17.9 Å². The van der Waals surface area contributed by atoms with Gasteiger partial charge in [-0.1, -0.05) is 13.3 Å². The third-order valence-electron chi connectivity index (χ3n) is 2.36. The number of benzene rings is 1. The van der Waals surface area contributed by atoms with Crippen LogP contribution in [0, 0.1) is 0 Å². The number of nitrogens with one attached hydrogen (secondary N) is 1. The molecule has 94 valence electrons. The van der Waals surface area contributed by atoms with Gasteiger partial charge in [0.1, 0.15) is 0 Å². The summed E-state index contributed by atoms with van der Waals surface area (Å²) < 4.78 is 5.18. The fourth-order valence-electron chi connectivity index (χ4n) is 1.46. The van der Waals surface area contributed by atoms with Gasteiger partial charge >= 0.3 is 5.97 Å². The Morgan fingerprint density at radius 3 is 2.82 bits per heavy atom. The minimum atomic E-state index is -0.318. The third-order valence-corrected chi connectivity index (χ3v) is 2.36. The topological polar surface area (TPSA) is 64.3 Å². The molecule has 0 bridgehead atoms. The van der Waals surface area contributed by atoms with Gasteiger partial charge < -0.3 is 15.8 Å². The lowest BCUT2D eigenvalue weighted by molar-refractivity contribution is 0.0501. The number of unbranched alkanes of at least 4 members (excludes halogenated alkanes) is 1. The highest BCUT2D eigenvalue weighted by molar-refractivity contribution is 5.96. The number of hydrogen-bond donors (Lipinski definition) is 2. The van der Waals surface area contributed by atoms with E-state index in [1.807, 2.05) is 6.92 Å². The molecule has 0 fully saturated rings. The molecule has 0 atom stereocenters. The Labute approximate surface area is 102 Å². The molecule has 4 nitrogen and oxygen atoms in total. The average Bonchev–Trinajstić information content (AvgIpc) is 2.32. The number of nitrogens with two attached hydrogens (primary N) is 1. The zero-order valence-corrected chi connectivity index (χ0v) is 10.5. The van der Waals surface area contributed by atoms with E-state index in [-0.39, 0.29) is 5.97 Å². The van der Waals surface area contributed by atoms with Crippen LogP contribution in [0.25, 0.3) is 0 Å². The van der Waals surface area contributed by atoms with Crippen LogP contribution in [0.2, 0.25) is 0 Å². The molecular weight excluding hydrogens is 216 g/mol. The lowest BCUT2D eigenvalue weighted by atomic mass is 10.1. The van der Waals surface area contributed by atoms with E-state index in [4.69, 9.17) is 10.5 Å². The van der Waals surface area contributed by atoms with E-state index >= 15 is 0 Å². The summed E-state index contributed by atoms with van der Waals surface area (Å²) in [7, 11) is 0. The Hall–Kier alpha value is -1.71. The maximum Gasteiger partial charge on any atom is 0.340 e. The Kier molecular flexibility index (Phi) is 5.33. The zero-order valence-electron chi connectivity index (χ0n) is 10.5. The first kappa shape index (κ1) is 13.4. The van der Waals surface area contributed by atoms with Crippen LogP contribution in [0.3, 0.4) is 0 Å². The predicted molar refractivity (Wildman–Crippen MR) is 70.2 cm³/mol. The van der Waals surface area contributed by atoms with Gasteiger partial charge in [-0.25, -0.2) is 4.79 Å². The highest BCUT2D eigenvalue weighted by Crippen LogP contribution is 2.19. The van der Waals surface area contributed by atoms with Crippen molar-refractivity contribution in [2.75, 3.05) is 24.2 Å². The number of rotatable bonds is 6. The largest absolute Gasteiger partial charge is 0.462 e. The van der Waals surface area contributed by atoms with Crippen molar-refractivity contribution >= 4 is 17.3 Å². The lowest BCUT2D eigenvalue weighted by Crippen LogP contribution is -2.11. The van der Waals surface area contributed by atoms with Gasteiger partial charge in [-0.05, 0) is 31.5 Å². The summed E-state index contributed by atoms with van der Waals surface area (Å²) in [5.41, 5.74) is 7.51. The van der Waals surface area contributed by atoms with E-state index in [0.717, 1.165) is 25.1 Å². The molecule has 0 aliphatic rings. The summed E-state index contributed by atoms with van der Waals surface area (Å²) in [6, 6.07) is 5.21. The summed E-state index contributed by atoms with van der Waals surface area (Å²) in [5, 5.41) is 3.12. The van der Waals surface area contributed by atoms with Gasteiger partial charge in [-0.15, -0.1) is 0 Å². The second-order valence-corrected chi connectivity index (χ2v) is 3.82. The molecule has 4 heteroatoms. The van der Waals surface area contributed by atoms with E-state index in [1.165, 1.54) is 0 Å². The number of carbonyl (C=O) groups is 1. The number of ether oxygens (including phenoxy) is 1. The first-order chi connectivity index (χ1) is 8.19. The van der Waals surface area contributed by atoms with Crippen LogP contribution in [-0.4, -0.2) is 19.1 Å². The molecule has 0 heterocycles. The molecule has 1 aromatic rings. The van der Waals surface area contributed by atoms with Crippen molar-refractivity contribution in [3.05, 3.63) is 23.8 Å². The number of esters is 1. The molecule has 0 aliphatic carbocycles. The minimum Gasteiger partial charge on any atom is -0.462 e. The number of carbonyl (C=O) groups excluding carboxylic acids is 1. The minimum absolute atomic E-state index is 0.318. The van der Waals surface area contributed by atoms with Crippen LogP contribution < -0.4 is 11.1 Å². The average molecular weight is 236 g/mol. The van der Waals surface area contributed by atoms with E-state index in [9.17, 15) is 4.79 Å². The molecule has 0 saturated carbocycles. The third kappa shape index (κ3) is 3.98. The second-order valence-electron chi connectivity index (χ2n) is 3.82. The van der Waals surface area contributed by atoms with Crippen molar-refractivity contribution in [2.24, 2.45) is 0 Å². The fourth-order valence-corrected chi connectivity index (χ4v) is 1.46. The molecule has 1 aromatic carbocycles. The van der Waals surface area contributed by atoms with E-state index < -0.39 is 0 Å². The van der Waals surface area contributed by atoms with Crippen molar-refractivity contribution in [3.63, 3.8) is 0 Å². The monoisotopic (exact) mass is 236 g/mol. The maximum atomic E-state index is 11.8. The molecule has 0 amide bonds. The van der Waals surface area contributed by atoms with Gasteiger partial charge in [0.05, 0.1) is 12.2 Å². The quantitative estimate of drug-likeness (QED) is 0.453. The summed E-state index contributed by atoms with van der Waals surface area (Å²) in [6.07, 6.45) is 1.88. The lowest BCUT2D eigenvalue weighted by Gasteiger charge is -2.11. The van der Waals surface area contributed by atoms with Crippen LogP contribution in [0.4, 0.5) is 11.4 Å². The summed E-state index contributed by atoms with van der Waals surface area (Å²) in [4.78, 5) is 11.8. The summed E-state index contributed by atoms with van der Waals surface area (Å²) in [6.45, 7) is 5.23. The van der Waals surface area contributed by atoms with Crippen molar-refractivity contribution in [2.45, 2.75) is 26.7 Å². The van der Waals surface area contributed by atoms with Gasteiger partial charge in [0.15, 0.2) is 0 Å². The molecule has 3 N–H and O–H groups in total. The number of anilines is 2. The molecule has 0 aliphatic heterocycles. The number of nitrogen functional groups attached to an aromatic ring is 1. The SMILES string of the molecule is CCCCOC(=O)c1cc(N)ccc1NCC. The second kappa shape index (κ2) is 6.78. The standard InChI is InChI=1S/C13H20N2O2/c1-3-5-8-17-13(16)11-9-10(14)6-7-12(11)15-4-2/h6-7,9,15H,3-5,8,14H2,1-2H3. The van der Waals surface area contributed by atoms with Crippen LogP contribution in [-0.2, 0) is 4.74 Å². The summed E-state index contributed by atoms with van der Waals surface area (Å²) in [5.74, 6) is -0.318. The zero-order chi connectivity index (χ0) is 12.7. The van der Waals surface area contributed by atoms with Crippen molar-refractivity contribution < 1.29 is 9.53 Å². The van der Waals surface area contributed by atoms with Crippen LogP contribution in [0.1, 0.15) is 37.0 Å². The molecule has 0 unspecified atom stereocenters. The predicted octanol–water partition coefficient (Wildman–Crippen LogP) is 2.66. The highest BCUT2D eigenvalue weighted by Gasteiger charge is 2.12. The Morgan fingerprint density at radius 1 is 1.41 bits per heavy atom. The normalized spacial score (nSPS) is 10.0. The highest BCUT2D eigenvalue weighted by atomic mass is 16.5.